The minimum atomic E-state index is -0.373. The summed E-state index contributed by atoms with van der Waals surface area (Å²) >= 11 is 9.35. The van der Waals surface area contributed by atoms with Crippen LogP contribution in [0, 0.1) is 10.8 Å². The molecule has 4 aliphatic heterocycles. The van der Waals surface area contributed by atoms with Crippen molar-refractivity contribution in [1.82, 2.24) is 0 Å². The van der Waals surface area contributed by atoms with Gasteiger partial charge >= 0.3 is 5.97 Å². The molecule has 0 aromatic carbocycles. The van der Waals surface area contributed by atoms with Crippen LogP contribution in [0.4, 0.5) is 0 Å². The molecule has 4 rings (SSSR count). The van der Waals surface area contributed by atoms with Gasteiger partial charge in [-0.3, -0.25) is 9.59 Å². The zero-order valence-electron chi connectivity index (χ0n) is 21.4. The van der Waals surface area contributed by atoms with E-state index in [9.17, 15) is 14.7 Å². The molecular formula is C26H45ClO4S2. The Morgan fingerprint density at radius 3 is 1.45 bits per heavy atom. The third-order valence-electron chi connectivity index (χ3n) is 6.47. The number of aliphatic hydroxyl groups excluding tert-OH is 1. The Bertz CT molecular complexity index is 615. The first-order valence-electron chi connectivity index (χ1n) is 12.6. The molecule has 0 aliphatic carbocycles. The summed E-state index contributed by atoms with van der Waals surface area (Å²) in [5, 5.41) is 12.2. The summed E-state index contributed by atoms with van der Waals surface area (Å²) in [6.07, 6.45) is 12.5. The molecule has 4 heterocycles. The number of carbonyl (C=O) groups excluding carboxylic acids is 2. The lowest BCUT2D eigenvalue weighted by molar-refractivity contribution is -0.159. The molecule has 192 valence electrons. The van der Waals surface area contributed by atoms with Crippen molar-refractivity contribution in [3.63, 3.8) is 0 Å². The first kappa shape index (κ1) is 29.3. The van der Waals surface area contributed by atoms with Gasteiger partial charge in [0.25, 0.3) is 0 Å². The maximum atomic E-state index is 11.8. The fourth-order valence-corrected chi connectivity index (χ4v) is 8.08. The van der Waals surface area contributed by atoms with Gasteiger partial charge in [-0.2, -0.15) is 23.5 Å². The summed E-state index contributed by atoms with van der Waals surface area (Å²) in [6, 6.07) is 0. The van der Waals surface area contributed by atoms with E-state index in [0.717, 1.165) is 46.7 Å². The number of ether oxygens (including phenoxy) is 1. The fourth-order valence-electron chi connectivity index (χ4n) is 4.47. The van der Waals surface area contributed by atoms with E-state index < -0.39 is 0 Å². The summed E-state index contributed by atoms with van der Waals surface area (Å²) in [4.78, 5) is 22.1. The predicted octanol–water partition coefficient (Wildman–Crippen LogP) is 6.99. The van der Waals surface area contributed by atoms with Gasteiger partial charge in [-0.05, 0) is 83.7 Å². The average molecular weight is 521 g/mol. The molecule has 0 aromatic heterocycles. The van der Waals surface area contributed by atoms with Gasteiger partial charge in [-0.1, -0.05) is 33.6 Å². The molecule has 0 radical (unpaired) electrons. The lowest BCUT2D eigenvalue weighted by atomic mass is 9.94. The molecule has 4 saturated heterocycles. The van der Waals surface area contributed by atoms with Gasteiger partial charge in [0.05, 0.1) is 11.5 Å². The van der Waals surface area contributed by atoms with Gasteiger partial charge < -0.3 is 9.84 Å². The van der Waals surface area contributed by atoms with Gasteiger partial charge in [0.2, 0.25) is 5.24 Å². The summed E-state index contributed by atoms with van der Waals surface area (Å²) in [5.41, 5.74) is -0.735. The Hall–Kier alpha value is 0.0900. The van der Waals surface area contributed by atoms with Crippen molar-refractivity contribution in [3.8, 4) is 0 Å². The van der Waals surface area contributed by atoms with Gasteiger partial charge in [0.15, 0.2) is 0 Å². The average Bonchev–Trinajstić information content (AvgIpc) is 2.67. The number of rotatable bonds is 1. The van der Waals surface area contributed by atoms with Crippen LogP contribution >= 0.6 is 35.1 Å². The quantitative estimate of drug-likeness (QED) is 0.297. The molecule has 4 nitrogen and oxygen atoms in total. The molecule has 4 bridgehead atoms. The normalized spacial score (nSPS) is 33.5. The molecule has 0 aromatic rings. The maximum Gasteiger partial charge on any atom is 0.311 e. The minimum absolute atomic E-state index is 0.0246. The highest BCUT2D eigenvalue weighted by Crippen LogP contribution is 2.43. The second kappa shape index (κ2) is 12.9. The Balaban J connectivity index is 0.000000194. The number of halogens is 1. The molecule has 4 atom stereocenters. The minimum Gasteiger partial charge on any atom is -0.462 e. The van der Waals surface area contributed by atoms with E-state index in [1.54, 1.807) is 20.8 Å². The van der Waals surface area contributed by atoms with Gasteiger partial charge in [0.1, 0.15) is 6.10 Å². The van der Waals surface area contributed by atoms with Gasteiger partial charge in [-0.15, -0.1) is 0 Å². The Morgan fingerprint density at radius 2 is 1.12 bits per heavy atom. The van der Waals surface area contributed by atoms with Crippen molar-refractivity contribution < 1.29 is 19.4 Å². The monoisotopic (exact) mass is 520 g/mol. The van der Waals surface area contributed by atoms with Crippen LogP contribution in [0.1, 0.15) is 106 Å². The molecule has 4 fully saturated rings. The zero-order chi connectivity index (χ0) is 24.8. The van der Waals surface area contributed by atoms with E-state index in [-0.39, 0.29) is 34.2 Å². The van der Waals surface area contributed by atoms with Crippen LogP contribution in [0.3, 0.4) is 0 Å². The first-order valence-corrected chi connectivity index (χ1v) is 14.9. The number of carbonyl (C=O) groups is 2. The third kappa shape index (κ3) is 10.7. The van der Waals surface area contributed by atoms with E-state index in [0.29, 0.717) is 0 Å². The molecule has 1 N–H and O–H groups in total. The van der Waals surface area contributed by atoms with E-state index in [4.69, 9.17) is 16.3 Å². The predicted molar refractivity (Wildman–Crippen MR) is 142 cm³/mol. The molecule has 4 aliphatic rings. The summed E-state index contributed by atoms with van der Waals surface area (Å²) in [7, 11) is 0. The van der Waals surface area contributed by atoms with Crippen molar-refractivity contribution >= 4 is 46.3 Å². The topological polar surface area (TPSA) is 63.6 Å². The lowest BCUT2D eigenvalue weighted by Crippen LogP contribution is -2.37. The van der Waals surface area contributed by atoms with Crippen LogP contribution in [-0.4, -0.2) is 49.5 Å². The molecule has 0 saturated carbocycles. The highest BCUT2D eigenvalue weighted by Gasteiger charge is 2.36. The van der Waals surface area contributed by atoms with Crippen LogP contribution in [0.25, 0.3) is 0 Å². The second-order valence-electron chi connectivity index (χ2n) is 12.0. The molecule has 0 amide bonds. The molecule has 7 heteroatoms. The van der Waals surface area contributed by atoms with Gasteiger partial charge in [0, 0.05) is 26.4 Å². The van der Waals surface area contributed by atoms with Crippen LogP contribution < -0.4 is 0 Å². The number of aliphatic hydroxyl groups is 1. The van der Waals surface area contributed by atoms with Crippen molar-refractivity contribution in [2.75, 3.05) is 0 Å². The number of hydrogen-bond acceptors (Lipinski definition) is 6. The van der Waals surface area contributed by atoms with E-state index >= 15 is 0 Å². The molecule has 4 unspecified atom stereocenters. The smallest absolute Gasteiger partial charge is 0.311 e. The highest BCUT2D eigenvalue weighted by molar-refractivity contribution is 8.00. The Morgan fingerprint density at radius 1 is 0.758 bits per heavy atom. The Kier molecular flexibility index (Phi) is 11.4. The molecular weight excluding hydrogens is 476 g/mol. The first-order chi connectivity index (χ1) is 15.2. The van der Waals surface area contributed by atoms with Crippen molar-refractivity contribution in [2.24, 2.45) is 10.8 Å². The number of esters is 1. The zero-order valence-corrected chi connectivity index (χ0v) is 23.8. The van der Waals surface area contributed by atoms with Crippen molar-refractivity contribution in [1.29, 1.82) is 0 Å². The van der Waals surface area contributed by atoms with Crippen molar-refractivity contribution in [3.05, 3.63) is 0 Å². The van der Waals surface area contributed by atoms with E-state index in [1.165, 1.54) is 38.5 Å². The maximum absolute atomic E-state index is 11.8. The summed E-state index contributed by atoms with van der Waals surface area (Å²) in [5.74, 6) is -0.0394. The number of hydrogen-bond donors (Lipinski definition) is 1. The SMILES string of the molecule is CC(C)(C)C(=O)Cl.CC(C)(C)C(=O)OC1CC2CCCC(C1)S2.OC1CC2CCCC(C1)S2. The van der Waals surface area contributed by atoms with Crippen LogP contribution in [0.5, 0.6) is 0 Å². The van der Waals surface area contributed by atoms with Crippen LogP contribution in [0.2, 0.25) is 0 Å². The van der Waals surface area contributed by atoms with Crippen LogP contribution in [-0.2, 0) is 14.3 Å². The fraction of sp³-hybridized carbons (Fsp3) is 0.923. The molecule has 0 spiro atoms. The van der Waals surface area contributed by atoms with Crippen LogP contribution in [0.15, 0.2) is 0 Å². The molecule has 33 heavy (non-hydrogen) atoms. The second-order valence-corrected chi connectivity index (χ2v) is 15.6. The highest BCUT2D eigenvalue weighted by atomic mass is 35.5. The number of fused-ring (bicyclic) bond motifs is 4. The largest absolute Gasteiger partial charge is 0.462 e. The summed E-state index contributed by atoms with van der Waals surface area (Å²) < 4.78 is 5.64. The summed E-state index contributed by atoms with van der Waals surface area (Å²) in [6.45, 7) is 11.1. The number of thioether (sulfide) groups is 2. The third-order valence-corrected chi connectivity index (χ3v) is 10.3. The van der Waals surface area contributed by atoms with E-state index in [1.807, 2.05) is 20.8 Å². The van der Waals surface area contributed by atoms with E-state index in [2.05, 4.69) is 23.5 Å². The van der Waals surface area contributed by atoms with Gasteiger partial charge in [-0.25, -0.2) is 0 Å². The Labute approximate surface area is 215 Å². The van der Waals surface area contributed by atoms with Crippen molar-refractivity contribution in [2.45, 2.75) is 139 Å². The lowest BCUT2D eigenvalue weighted by Gasteiger charge is -2.38. The standard InChI is InChI=1S/C13H22O2S.C8H14OS.C5H9ClO/c1-13(2,3)12(14)15-9-7-10-5-4-6-11(8-9)16-10;9-6-4-7-2-1-3-8(5-6)10-7;1-5(2,3)4(6)7/h9-11H,4-8H2,1-3H3;6-9H,1-5H2;1-3H3.